The molecule has 22 heavy (non-hydrogen) atoms. The quantitative estimate of drug-likeness (QED) is 0.826. The van der Waals surface area contributed by atoms with E-state index in [0.717, 1.165) is 12.1 Å². The van der Waals surface area contributed by atoms with Crippen LogP contribution in [-0.2, 0) is 0 Å². The van der Waals surface area contributed by atoms with Gasteiger partial charge in [-0.1, -0.05) is 23.2 Å². The van der Waals surface area contributed by atoms with Crippen molar-refractivity contribution in [3.8, 4) is 5.75 Å². The number of nitrogens with one attached hydrogen (secondary N) is 1. The minimum Gasteiger partial charge on any atom is -0.406 e. The van der Waals surface area contributed by atoms with Crippen molar-refractivity contribution in [3.05, 3.63) is 52.3 Å². The van der Waals surface area contributed by atoms with Crippen LogP contribution in [0.1, 0.15) is 10.4 Å². The number of rotatable bonds is 3. The van der Waals surface area contributed by atoms with Crippen molar-refractivity contribution in [1.29, 1.82) is 0 Å². The molecule has 0 spiro atoms. The van der Waals surface area contributed by atoms with Crippen molar-refractivity contribution in [2.24, 2.45) is 0 Å². The van der Waals surface area contributed by atoms with Gasteiger partial charge in [-0.25, -0.2) is 4.98 Å². The van der Waals surface area contributed by atoms with Crippen LogP contribution in [0, 0.1) is 0 Å². The Labute approximate surface area is 132 Å². The van der Waals surface area contributed by atoms with Gasteiger partial charge in [-0.2, -0.15) is 0 Å². The first-order valence-corrected chi connectivity index (χ1v) is 6.49. The number of pyridine rings is 1. The molecule has 1 aromatic heterocycles. The highest BCUT2D eigenvalue weighted by molar-refractivity contribution is 6.35. The maximum absolute atomic E-state index is 12.0. The van der Waals surface area contributed by atoms with Crippen LogP contribution in [0.3, 0.4) is 0 Å². The van der Waals surface area contributed by atoms with E-state index < -0.39 is 18.0 Å². The van der Waals surface area contributed by atoms with Crippen LogP contribution in [0.5, 0.6) is 5.75 Å². The van der Waals surface area contributed by atoms with Crippen LogP contribution in [0.4, 0.5) is 18.9 Å². The first-order chi connectivity index (χ1) is 10.2. The average Bonchev–Trinajstić information content (AvgIpc) is 2.39. The third kappa shape index (κ3) is 4.51. The molecule has 0 fully saturated rings. The van der Waals surface area contributed by atoms with Crippen LogP contribution in [-0.4, -0.2) is 17.3 Å². The molecule has 4 nitrogen and oxygen atoms in total. The maximum Gasteiger partial charge on any atom is 0.573 e. The molecule has 1 amide bonds. The minimum absolute atomic E-state index is 0.0815. The Kier molecular flexibility index (Phi) is 4.77. The lowest BCUT2D eigenvalue weighted by molar-refractivity contribution is -0.274. The molecule has 0 aliphatic rings. The number of hydrogen-bond donors (Lipinski definition) is 1. The second-order valence-corrected chi connectivity index (χ2v) is 4.74. The monoisotopic (exact) mass is 350 g/mol. The molecule has 0 atom stereocenters. The van der Waals surface area contributed by atoms with Gasteiger partial charge >= 0.3 is 6.36 Å². The number of anilines is 1. The third-order valence-electron chi connectivity index (χ3n) is 2.41. The SMILES string of the molecule is O=C(Nc1ccc(OC(F)(F)F)cc1)c1ccc(Cl)nc1Cl. The molecular formula is C13H7Cl2F3N2O2. The van der Waals surface area contributed by atoms with E-state index in [9.17, 15) is 18.0 Å². The second kappa shape index (κ2) is 6.41. The van der Waals surface area contributed by atoms with Gasteiger partial charge in [0, 0.05) is 5.69 Å². The molecule has 0 saturated carbocycles. The fourth-order valence-corrected chi connectivity index (χ4v) is 1.95. The van der Waals surface area contributed by atoms with Crippen molar-refractivity contribution in [3.63, 3.8) is 0 Å². The number of aromatic nitrogens is 1. The largest absolute Gasteiger partial charge is 0.573 e. The summed E-state index contributed by atoms with van der Waals surface area (Å²) in [7, 11) is 0. The normalized spacial score (nSPS) is 11.1. The van der Waals surface area contributed by atoms with Gasteiger partial charge in [0.15, 0.2) is 0 Å². The van der Waals surface area contributed by atoms with Gasteiger partial charge in [0.25, 0.3) is 5.91 Å². The molecule has 0 radical (unpaired) electrons. The highest BCUT2D eigenvalue weighted by Crippen LogP contribution is 2.24. The summed E-state index contributed by atoms with van der Waals surface area (Å²) in [5.74, 6) is -0.963. The predicted molar refractivity (Wildman–Crippen MR) is 75.3 cm³/mol. The zero-order valence-corrected chi connectivity index (χ0v) is 12.1. The molecule has 0 aliphatic heterocycles. The number of benzene rings is 1. The van der Waals surface area contributed by atoms with E-state index in [1.165, 1.54) is 24.3 Å². The predicted octanol–water partition coefficient (Wildman–Crippen LogP) is 4.54. The number of alkyl halides is 3. The van der Waals surface area contributed by atoms with Gasteiger partial charge in [0.2, 0.25) is 0 Å². The first-order valence-electron chi connectivity index (χ1n) is 5.74. The lowest BCUT2D eigenvalue weighted by atomic mass is 10.2. The Morgan fingerprint density at radius 2 is 1.73 bits per heavy atom. The van der Waals surface area contributed by atoms with E-state index in [0.29, 0.717) is 0 Å². The number of halogens is 5. The lowest BCUT2D eigenvalue weighted by Crippen LogP contribution is -2.17. The summed E-state index contributed by atoms with van der Waals surface area (Å²) < 4.78 is 39.8. The maximum atomic E-state index is 12.0. The summed E-state index contributed by atoms with van der Waals surface area (Å²) in [6, 6.07) is 7.44. The molecule has 1 aromatic carbocycles. The number of ether oxygens (including phenoxy) is 1. The van der Waals surface area contributed by atoms with Gasteiger partial charge in [0.05, 0.1) is 5.56 Å². The number of nitrogens with zero attached hydrogens (tertiary/aromatic N) is 1. The molecule has 0 saturated heterocycles. The topological polar surface area (TPSA) is 51.2 Å². The van der Waals surface area contributed by atoms with Gasteiger partial charge in [-0.05, 0) is 36.4 Å². The van der Waals surface area contributed by atoms with Gasteiger partial charge in [-0.15, -0.1) is 13.2 Å². The zero-order chi connectivity index (χ0) is 16.3. The molecule has 0 unspecified atom stereocenters. The Balaban J connectivity index is 2.09. The minimum atomic E-state index is -4.77. The fourth-order valence-electron chi connectivity index (χ4n) is 1.52. The number of carbonyl (C=O) groups excluding carboxylic acids is 1. The van der Waals surface area contributed by atoms with Gasteiger partial charge in [0.1, 0.15) is 16.1 Å². The fraction of sp³-hybridized carbons (Fsp3) is 0.0769. The molecule has 0 bridgehead atoms. The molecule has 2 rings (SSSR count). The smallest absolute Gasteiger partial charge is 0.406 e. The molecular weight excluding hydrogens is 344 g/mol. The summed E-state index contributed by atoms with van der Waals surface area (Å²) in [5.41, 5.74) is 0.354. The van der Waals surface area contributed by atoms with E-state index in [1.54, 1.807) is 0 Å². The number of carbonyl (C=O) groups is 1. The number of amides is 1. The van der Waals surface area contributed by atoms with Crippen molar-refractivity contribution < 1.29 is 22.7 Å². The highest BCUT2D eigenvalue weighted by Gasteiger charge is 2.30. The van der Waals surface area contributed by atoms with E-state index in [4.69, 9.17) is 23.2 Å². The summed E-state index contributed by atoms with van der Waals surface area (Å²) in [6.45, 7) is 0. The first kappa shape index (κ1) is 16.4. The van der Waals surface area contributed by atoms with Crippen LogP contribution in [0.2, 0.25) is 10.3 Å². The van der Waals surface area contributed by atoms with Crippen molar-refractivity contribution >= 4 is 34.8 Å². The summed E-state index contributed by atoms with van der Waals surface area (Å²) in [4.78, 5) is 15.7. The van der Waals surface area contributed by atoms with Gasteiger partial charge < -0.3 is 10.1 Å². The average molecular weight is 351 g/mol. The van der Waals surface area contributed by atoms with Crippen molar-refractivity contribution in [1.82, 2.24) is 4.98 Å². The number of hydrogen-bond acceptors (Lipinski definition) is 3. The third-order valence-corrected chi connectivity index (χ3v) is 2.90. The lowest BCUT2D eigenvalue weighted by Gasteiger charge is -2.10. The summed E-state index contributed by atoms with van der Waals surface area (Å²) in [5, 5.41) is 2.52. The van der Waals surface area contributed by atoms with Crippen LogP contribution >= 0.6 is 23.2 Å². The van der Waals surface area contributed by atoms with Crippen LogP contribution < -0.4 is 10.1 Å². The molecule has 1 heterocycles. The van der Waals surface area contributed by atoms with Crippen molar-refractivity contribution in [2.45, 2.75) is 6.36 Å². The molecule has 1 N–H and O–H groups in total. The second-order valence-electron chi connectivity index (χ2n) is 4.00. The highest BCUT2D eigenvalue weighted by atomic mass is 35.5. The van der Waals surface area contributed by atoms with E-state index >= 15 is 0 Å². The van der Waals surface area contributed by atoms with Gasteiger partial charge in [-0.3, -0.25) is 4.79 Å². The van der Waals surface area contributed by atoms with Crippen molar-refractivity contribution in [2.75, 3.05) is 5.32 Å². The standard InChI is InChI=1S/C13H7Cl2F3N2O2/c14-10-6-5-9(11(15)20-10)12(21)19-7-1-3-8(4-2-7)22-13(16,17)18/h1-6H,(H,19,21). The summed E-state index contributed by atoms with van der Waals surface area (Å²) >= 11 is 11.4. The van der Waals surface area contributed by atoms with E-state index in [2.05, 4.69) is 15.0 Å². The Hall–Kier alpha value is -1.99. The van der Waals surface area contributed by atoms with E-state index in [-0.39, 0.29) is 21.6 Å². The summed E-state index contributed by atoms with van der Waals surface area (Å²) in [6.07, 6.45) is -4.77. The van der Waals surface area contributed by atoms with Crippen LogP contribution in [0.25, 0.3) is 0 Å². The Morgan fingerprint density at radius 3 is 2.27 bits per heavy atom. The Bertz CT molecular complexity index is 691. The molecule has 116 valence electrons. The molecule has 2 aromatic rings. The Morgan fingerprint density at radius 1 is 1.09 bits per heavy atom. The molecule has 9 heteroatoms. The van der Waals surface area contributed by atoms with E-state index in [1.807, 2.05) is 0 Å². The van der Waals surface area contributed by atoms with Crippen LogP contribution in [0.15, 0.2) is 36.4 Å². The molecule has 0 aliphatic carbocycles. The zero-order valence-electron chi connectivity index (χ0n) is 10.6.